The van der Waals surface area contributed by atoms with Crippen LogP contribution >= 0.6 is 0 Å². The maximum Gasteiger partial charge on any atom is 0.289 e. The predicted molar refractivity (Wildman–Crippen MR) is 98.6 cm³/mol. The highest BCUT2D eigenvalue weighted by atomic mass is 32.2. The van der Waals surface area contributed by atoms with Crippen molar-refractivity contribution in [3.63, 3.8) is 0 Å². The number of nitro groups is 1. The molecule has 1 aliphatic carbocycles. The second-order valence-corrected chi connectivity index (χ2v) is 8.40. The molecule has 1 aliphatic rings. The molecule has 1 aromatic rings. The van der Waals surface area contributed by atoms with Crippen LogP contribution in [0.3, 0.4) is 0 Å². The first kappa shape index (κ1) is 20.3. The molecule has 0 radical (unpaired) electrons. The number of oxime groups is 1. The summed E-state index contributed by atoms with van der Waals surface area (Å²) in [7, 11) is -4.04. The number of nitro benzene ring substituents is 1. The van der Waals surface area contributed by atoms with E-state index in [2.05, 4.69) is 9.88 Å². The summed E-state index contributed by atoms with van der Waals surface area (Å²) >= 11 is 0. The van der Waals surface area contributed by atoms with Crippen LogP contribution in [0.2, 0.25) is 0 Å². The van der Waals surface area contributed by atoms with Crippen LogP contribution in [0.1, 0.15) is 52.4 Å². The summed E-state index contributed by atoms with van der Waals surface area (Å²) in [6, 6.07) is 5.26. The summed E-state index contributed by atoms with van der Waals surface area (Å²) in [4.78, 5) is 15.7. The van der Waals surface area contributed by atoms with Crippen molar-refractivity contribution in [3.8, 4) is 0 Å². The summed E-state index contributed by atoms with van der Waals surface area (Å²) in [5.41, 5.74) is -0.291. The maximum atomic E-state index is 12.5. The highest BCUT2D eigenvalue weighted by Crippen LogP contribution is 2.24. The van der Waals surface area contributed by atoms with Crippen LogP contribution < -0.4 is 4.72 Å². The lowest BCUT2D eigenvalue weighted by Crippen LogP contribution is -2.41. The van der Waals surface area contributed by atoms with Gasteiger partial charge >= 0.3 is 0 Å². The van der Waals surface area contributed by atoms with E-state index in [0.29, 0.717) is 6.42 Å². The minimum absolute atomic E-state index is 0.0331. The highest BCUT2D eigenvalue weighted by Gasteiger charge is 2.31. The van der Waals surface area contributed by atoms with Crippen LogP contribution in [0.5, 0.6) is 0 Å². The zero-order chi connectivity index (χ0) is 19.2. The molecule has 0 saturated heterocycles. The monoisotopic (exact) mass is 383 g/mol. The third kappa shape index (κ3) is 5.25. The van der Waals surface area contributed by atoms with Crippen molar-refractivity contribution in [2.24, 2.45) is 5.16 Å². The largest absolute Gasteiger partial charge is 0.388 e. The topological polar surface area (TPSA) is 111 Å². The molecule has 1 saturated carbocycles. The Kier molecular flexibility index (Phi) is 6.71. The molecule has 1 fully saturated rings. The Hall–Kier alpha value is -2.00. The van der Waals surface area contributed by atoms with Gasteiger partial charge in [-0.15, -0.1) is 0 Å². The Labute approximate surface area is 153 Å². The van der Waals surface area contributed by atoms with Crippen molar-refractivity contribution < 1.29 is 18.2 Å². The molecule has 8 nitrogen and oxygen atoms in total. The first-order valence-electron chi connectivity index (χ1n) is 8.74. The molecule has 0 aliphatic heterocycles. The van der Waals surface area contributed by atoms with Crippen LogP contribution in [0, 0.1) is 10.1 Å². The summed E-state index contributed by atoms with van der Waals surface area (Å²) in [6.07, 6.45) is 5.72. The minimum Gasteiger partial charge on any atom is -0.388 e. The molecule has 0 amide bonds. The van der Waals surface area contributed by atoms with Gasteiger partial charge in [0.2, 0.25) is 10.0 Å². The second kappa shape index (κ2) is 8.59. The van der Waals surface area contributed by atoms with Crippen LogP contribution in [0.4, 0.5) is 5.69 Å². The molecule has 144 valence electrons. The quantitative estimate of drug-likeness (QED) is 0.546. The molecule has 2 rings (SSSR count). The van der Waals surface area contributed by atoms with Crippen LogP contribution in [-0.4, -0.2) is 31.2 Å². The number of nitrogens with zero attached hydrogens (tertiary/aromatic N) is 2. The molecule has 26 heavy (non-hydrogen) atoms. The lowest BCUT2D eigenvalue weighted by Gasteiger charge is -2.27. The number of hydrogen-bond donors (Lipinski definition) is 1. The molecular weight excluding hydrogens is 358 g/mol. The number of rotatable bonds is 8. The average molecular weight is 383 g/mol. The van der Waals surface area contributed by atoms with Crippen molar-refractivity contribution in [3.05, 3.63) is 34.4 Å². The molecule has 1 atom stereocenters. The zero-order valence-corrected chi connectivity index (χ0v) is 15.9. The first-order valence-corrected chi connectivity index (χ1v) is 10.2. The predicted octanol–water partition coefficient (Wildman–Crippen LogP) is 3.38. The van der Waals surface area contributed by atoms with Gasteiger partial charge in [-0.25, -0.2) is 13.1 Å². The molecular formula is C17H25N3O5S. The summed E-state index contributed by atoms with van der Waals surface area (Å²) < 4.78 is 27.5. The average Bonchev–Trinajstić information content (AvgIpc) is 2.66. The third-order valence-corrected chi connectivity index (χ3v) is 6.01. The fraction of sp³-hybridized carbons (Fsp3) is 0.588. The molecule has 0 spiro atoms. The van der Waals surface area contributed by atoms with Crippen molar-refractivity contribution >= 4 is 21.4 Å². The normalized spacial score (nSPS) is 17.4. The Morgan fingerprint density at radius 2 is 1.92 bits per heavy atom. The lowest BCUT2D eigenvalue weighted by molar-refractivity contribution is -0.387. The first-order chi connectivity index (χ1) is 12.3. The molecule has 9 heteroatoms. The van der Waals surface area contributed by atoms with Crippen LogP contribution in [-0.2, 0) is 14.9 Å². The van der Waals surface area contributed by atoms with E-state index in [0.717, 1.165) is 31.4 Å². The standard InChI is InChI=1S/C17H25N3O5S/c1-3-17(2,25-19-14-9-5-4-6-10-14)13-18-26(23,24)16-12-8-7-11-15(16)20(21)22/h7-8,11-12,18H,3-6,9-10,13H2,1-2H3. The van der Waals surface area contributed by atoms with Gasteiger partial charge in [-0.3, -0.25) is 10.1 Å². The van der Waals surface area contributed by atoms with Crippen molar-refractivity contribution in [1.29, 1.82) is 0 Å². The number of hydrogen-bond acceptors (Lipinski definition) is 6. The summed E-state index contributed by atoms with van der Waals surface area (Å²) in [5, 5.41) is 15.3. The molecule has 0 aromatic heterocycles. The molecule has 0 heterocycles. The van der Waals surface area contributed by atoms with E-state index >= 15 is 0 Å². The van der Waals surface area contributed by atoms with Crippen LogP contribution in [0.15, 0.2) is 34.3 Å². The summed E-state index contributed by atoms with van der Waals surface area (Å²) in [5.74, 6) is 0. The van der Waals surface area contributed by atoms with E-state index in [1.807, 2.05) is 6.92 Å². The van der Waals surface area contributed by atoms with Crippen molar-refractivity contribution in [1.82, 2.24) is 4.72 Å². The van der Waals surface area contributed by atoms with Gasteiger partial charge in [0.1, 0.15) is 5.60 Å². The van der Waals surface area contributed by atoms with Crippen LogP contribution in [0.25, 0.3) is 0 Å². The van der Waals surface area contributed by atoms with E-state index in [1.54, 1.807) is 6.92 Å². The molecule has 0 bridgehead atoms. The number of para-hydroxylation sites is 1. The van der Waals surface area contributed by atoms with Gasteiger partial charge in [-0.2, -0.15) is 0 Å². The van der Waals surface area contributed by atoms with E-state index in [9.17, 15) is 18.5 Å². The van der Waals surface area contributed by atoms with Gasteiger partial charge in [-0.1, -0.05) is 30.6 Å². The van der Waals surface area contributed by atoms with Gasteiger partial charge in [0.25, 0.3) is 5.69 Å². The molecule has 1 unspecified atom stereocenters. The zero-order valence-electron chi connectivity index (χ0n) is 15.1. The Bertz CT molecular complexity index is 770. The third-order valence-electron chi connectivity index (χ3n) is 4.56. The van der Waals surface area contributed by atoms with Gasteiger partial charge in [0.15, 0.2) is 4.90 Å². The van der Waals surface area contributed by atoms with Gasteiger partial charge in [0, 0.05) is 6.07 Å². The Morgan fingerprint density at radius 1 is 1.27 bits per heavy atom. The number of benzene rings is 1. The fourth-order valence-corrected chi connectivity index (χ4v) is 3.93. The van der Waals surface area contributed by atoms with Gasteiger partial charge in [0.05, 0.1) is 17.2 Å². The van der Waals surface area contributed by atoms with E-state index < -0.39 is 26.2 Å². The molecule has 1 aromatic carbocycles. The van der Waals surface area contributed by atoms with Gasteiger partial charge in [-0.05, 0) is 45.1 Å². The Morgan fingerprint density at radius 3 is 2.54 bits per heavy atom. The molecule has 1 N–H and O–H groups in total. The van der Waals surface area contributed by atoms with E-state index in [4.69, 9.17) is 4.84 Å². The minimum atomic E-state index is -4.04. The lowest BCUT2D eigenvalue weighted by atomic mass is 9.99. The van der Waals surface area contributed by atoms with Gasteiger partial charge < -0.3 is 4.84 Å². The van der Waals surface area contributed by atoms with Crippen molar-refractivity contribution in [2.75, 3.05) is 6.54 Å². The Balaban J connectivity index is 2.10. The van der Waals surface area contributed by atoms with E-state index in [-0.39, 0.29) is 11.4 Å². The second-order valence-electron chi connectivity index (χ2n) is 6.66. The number of nitrogens with one attached hydrogen (secondary N) is 1. The van der Waals surface area contributed by atoms with Crippen molar-refractivity contribution in [2.45, 2.75) is 62.9 Å². The smallest absolute Gasteiger partial charge is 0.289 e. The maximum absolute atomic E-state index is 12.5. The SMILES string of the molecule is CCC(C)(CNS(=O)(=O)c1ccccc1[N+](=O)[O-])ON=C1CCCCC1. The number of sulfonamides is 1. The summed E-state index contributed by atoms with van der Waals surface area (Å²) in [6.45, 7) is 3.61. The fourth-order valence-electron chi connectivity index (χ4n) is 2.61. The van der Waals surface area contributed by atoms with E-state index in [1.165, 1.54) is 30.7 Å². The highest BCUT2D eigenvalue weighted by molar-refractivity contribution is 7.89.